The molecule has 0 fully saturated rings. The normalized spacial score (nSPS) is 11.2. The zero-order valence-corrected chi connectivity index (χ0v) is 17.6. The predicted molar refractivity (Wildman–Crippen MR) is 122 cm³/mol. The van der Waals surface area contributed by atoms with Crippen molar-refractivity contribution in [3.63, 3.8) is 0 Å². The van der Waals surface area contributed by atoms with Crippen LogP contribution in [0.15, 0.2) is 60.7 Å². The molecule has 0 aliphatic heterocycles. The van der Waals surface area contributed by atoms with Gasteiger partial charge < -0.3 is 15.2 Å². The number of fused-ring (bicyclic) bond motifs is 1. The Morgan fingerprint density at radius 1 is 1.03 bits per heavy atom. The summed E-state index contributed by atoms with van der Waals surface area (Å²) < 4.78 is 0. The second-order valence-corrected chi connectivity index (χ2v) is 7.82. The van der Waals surface area contributed by atoms with Gasteiger partial charge in [-0.05, 0) is 52.8 Å². The lowest BCUT2D eigenvalue weighted by atomic mass is 9.94. The molecule has 0 amide bonds. The molecule has 4 rings (SSSR count). The van der Waals surface area contributed by atoms with E-state index in [0.29, 0.717) is 12.0 Å². The standard InChI is InChI=1S/C26H26N2O3/c1-2-3-9-24-27-23-15-18(16-29)13-20(25(23)28-24)12-17-10-11-21(22(14-17)26(30)31)19-7-5-4-6-8-19/h4-8,10-11,13-15,29H,2-3,9,12,16H2,1H3,(H,27,28)(H,30,31). The monoisotopic (exact) mass is 414 g/mol. The molecule has 0 bridgehead atoms. The van der Waals surface area contributed by atoms with Gasteiger partial charge >= 0.3 is 5.97 Å². The molecule has 31 heavy (non-hydrogen) atoms. The number of hydrogen-bond donors (Lipinski definition) is 3. The molecule has 3 aromatic carbocycles. The summed E-state index contributed by atoms with van der Waals surface area (Å²) in [6, 6.07) is 19.0. The van der Waals surface area contributed by atoms with E-state index in [9.17, 15) is 15.0 Å². The number of nitrogens with one attached hydrogen (secondary N) is 1. The van der Waals surface area contributed by atoms with E-state index in [2.05, 4.69) is 11.9 Å². The third kappa shape index (κ3) is 4.52. The Labute approximate surface area is 181 Å². The number of imidazole rings is 1. The zero-order valence-electron chi connectivity index (χ0n) is 17.6. The number of aliphatic hydroxyl groups is 1. The number of unbranched alkanes of at least 4 members (excludes halogenated alkanes) is 1. The molecule has 0 atom stereocenters. The Balaban J connectivity index is 1.73. The zero-order chi connectivity index (χ0) is 21.8. The third-order valence-electron chi connectivity index (χ3n) is 5.52. The van der Waals surface area contributed by atoms with Gasteiger partial charge in [-0.25, -0.2) is 9.78 Å². The first-order valence-electron chi connectivity index (χ1n) is 10.6. The maximum absolute atomic E-state index is 12.0. The van der Waals surface area contributed by atoms with Crippen molar-refractivity contribution in [1.29, 1.82) is 0 Å². The average Bonchev–Trinajstić information content (AvgIpc) is 3.21. The molecular weight excluding hydrogens is 388 g/mol. The van der Waals surface area contributed by atoms with Crippen LogP contribution in [0.4, 0.5) is 0 Å². The molecule has 158 valence electrons. The Bertz CT molecular complexity index is 1210. The largest absolute Gasteiger partial charge is 0.478 e. The topological polar surface area (TPSA) is 86.2 Å². The number of aromatic nitrogens is 2. The number of H-pyrrole nitrogens is 1. The number of carboxylic acid groups (broad SMARTS) is 1. The van der Waals surface area contributed by atoms with Crippen LogP contribution in [-0.4, -0.2) is 26.2 Å². The lowest BCUT2D eigenvalue weighted by molar-refractivity contribution is 0.0697. The molecule has 0 spiro atoms. The molecular formula is C26H26N2O3. The number of aryl methyl sites for hydroxylation is 1. The smallest absolute Gasteiger partial charge is 0.336 e. The number of carboxylic acids is 1. The van der Waals surface area contributed by atoms with Gasteiger partial charge in [-0.2, -0.15) is 0 Å². The Hall–Kier alpha value is -3.44. The number of rotatable bonds is 8. The van der Waals surface area contributed by atoms with Crippen molar-refractivity contribution in [1.82, 2.24) is 9.97 Å². The fraction of sp³-hybridized carbons (Fsp3) is 0.231. The molecule has 1 heterocycles. The highest BCUT2D eigenvalue weighted by Gasteiger charge is 2.15. The van der Waals surface area contributed by atoms with Gasteiger partial charge in [0.2, 0.25) is 0 Å². The number of aliphatic hydroxyl groups excluding tert-OH is 1. The summed E-state index contributed by atoms with van der Waals surface area (Å²) in [5.74, 6) is -0.00424. The van der Waals surface area contributed by atoms with Crippen LogP contribution in [0, 0.1) is 0 Å². The van der Waals surface area contributed by atoms with Crippen LogP contribution in [0.2, 0.25) is 0 Å². The number of benzene rings is 3. The number of hydrogen-bond acceptors (Lipinski definition) is 3. The van der Waals surface area contributed by atoms with Crippen molar-refractivity contribution in [2.75, 3.05) is 0 Å². The van der Waals surface area contributed by atoms with Crippen molar-refractivity contribution < 1.29 is 15.0 Å². The number of aromatic carboxylic acids is 1. The van der Waals surface area contributed by atoms with Crippen LogP contribution in [0.25, 0.3) is 22.2 Å². The van der Waals surface area contributed by atoms with E-state index in [4.69, 9.17) is 4.98 Å². The SMILES string of the molecule is CCCCc1nc2c(Cc3ccc(-c4ccccc4)c(C(=O)O)c3)cc(CO)cc2[nH]1. The van der Waals surface area contributed by atoms with Crippen LogP contribution < -0.4 is 0 Å². The molecule has 4 aromatic rings. The van der Waals surface area contributed by atoms with Gasteiger partial charge in [-0.3, -0.25) is 0 Å². The minimum Gasteiger partial charge on any atom is -0.478 e. The van der Waals surface area contributed by atoms with Crippen molar-refractivity contribution in [2.45, 2.75) is 39.2 Å². The predicted octanol–water partition coefficient (Wildman–Crippen LogP) is 5.35. The van der Waals surface area contributed by atoms with Gasteiger partial charge in [0.05, 0.1) is 23.2 Å². The van der Waals surface area contributed by atoms with Gasteiger partial charge in [0.15, 0.2) is 0 Å². The van der Waals surface area contributed by atoms with Gasteiger partial charge in [0.25, 0.3) is 0 Å². The Morgan fingerprint density at radius 2 is 1.84 bits per heavy atom. The fourth-order valence-electron chi connectivity index (χ4n) is 3.96. The molecule has 0 unspecified atom stereocenters. The van der Waals surface area contributed by atoms with Gasteiger partial charge in [-0.1, -0.05) is 61.9 Å². The molecule has 0 aliphatic rings. The van der Waals surface area contributed by atoms with Gasteiger partial charge in [0.1, 0.15) is 5.82 Å². The minimum atomic E-state index is -0.948. The van der Waals surface area contributed by atoms with Crippen molar-refractivity contribution in [3.8, 4) is 11.1 Å². The summed E-state index contributed by atoms with van der Waals surface area (Å²) in [6.07, 6.45) is 3.58. The van der Waals surface area contributed by atoms with E-state index in [1.54, 1.807) is 6.07 Å². The van der Waals surface area contributed by atoms with Crippen LogP contribution in [0.3, 0.4) is 0 Å². The van der Waals surface area contributed by atoms with Crippen molar-refractivity contribution in [3.05, 3.63) is 88.7 Å². The van der Waals surface area contributed by atoms with E-state index in [1.165, 1.54) is 0 Å². The van der Waals surface area contributed by atoms with Crippen LogP contribution in [0.5, 0.6) is 0 Å². The van der Waals surface area contributed by atoms with Crippen LogP contribution in [-0.2, 0) is 19.4 Å². The summed E-state index contributed by atoms with van der Waals surface area (Å²) in [5.41, 5.74) is 6.34. The maximum atomic E-state index is 12.0. The van der Waals surface area contributed by atoms with Crippen LogP contribution >= 0.6 is 0 Å². The molecule has 0 aliphatic carbocycles. The average molecular weight is 415 g/mol. The molecule has 1 aromatic heterocycles. The molecule has 3 N–H and O–H groups in total. The summed E-state index contributed by atoms with van der Waals surface area (Å²) >= 11 is 0. The first-order valence-corrected chi connectivity index (χ1v) is 10.6. The number of aromatic amines is 1. The van der Waals surface area contributed by atoms with E-state index >= 15 is 0 Å². The van der Waals surface area contributed by atoms with E-state index in [0.717, 1.165) is 58.4 Å². The van der Waals surface area contributed by atoms with E-state index < -0.39 is 5.97 Å². The second-order valence-electron chi connectivity index (χ2n) is 7.82. The molecule has 5 heteroatoms. The summed E-state index contributed by atoms with van der Waals surface area (Å²) in [6.45, 7) is 2.09. The first-order chi connectivity index (χ1) is 15.1. The number of carbonyl (C=O) groups is 1. The lowest BCUT2D eigenvalue weighted by Crippen LogP contribution is -2.02. The lowest BCUT2D eigenvalue weighted by Gasteiger charge is -2.10. The van der Waals surface area contributed by atoms with E-state index in [-0.39, 0.29) is 12.2 Å². The minimum absolute atomic E-state index is 0.0560. The first kappa shape index (κ1) is 20.8. The quantitative estimate of drug-likeness (QED) is 0.363. The summed E-state index contributed by atoms with van der Waals surface area (Å²) in [7, 11) is 0. The molecule has 5 nitrogen and oxygen atoms in total. The van der Waals surface area contributed by atoms with Crippen molar-refractivity contribution in [2.24, 2.45) is 0 Å². The molecule has 0 saturated heterocycles. The fourth-order valence-corrected chi connectivity index (χ4v) is 3.96. The van der Waals surface area contributed by atoms with Gasteiger partial charge in [-0.15, -0.1) is 0 Å². The van der Waals surface area contributed by atoms with Crippen LogP contribution in [0.1, 0.15) is 52.6 Å². The Kier molecular flexibility index (Phi) is 6.14. The summed E-state index contributed by atoms with van der Waals surface area (Å²) in [4.78, 5) is 20.1. The molecule has 0 radical (unpaired) electrons. The number of nitrogens with zero attached hydrogens (tertiary/aromatic N) is 1. The van der Waals surface area contributed by atoms with E-state index in [1.807, 2.05) is 54.6 Å². The maximum Gasteiger partial charge on any atom is 0.336 e. The molecule has 0 saturated carbocycles. The Morgan fingerprint density at radius 3 is 2.55 bits per heavy atom. The third-order valence-corrected chi connectivity index (χ3v) is 5.52. The van der Waals surface area contributed by atoms with Crippen molar-refractivity contribution >= 4 is 17.0 Å². The van der Waals surface area contributed by atoms with Gasteiger partial charge in [0, 0.05) is 6.42 Å². The highest BCUT2D eigenvalue weighted by Crippen LogP contribution is 2.28. The highest BCUT2D eigenvalue weighted by molar-refractivity contribution is 5.96. The second kappa shape index (κ2) is 9.14. The highest BCUT2D eigenvalue weighted by atomic mass is 16.4. The summed E-state index contributed by atoms with van der Waals surface area (Å²) in [5, 5.41) is 19.5.